The Bertz CT molecular complexity index is 937. The molecule has 0 atom stereocenters. The summed E-state index contributed by atoms with van der Waals surface area (Å²) in [6.45, 7) is 6.54. The number of hydrogen-bond donors (Lipinski definition) is 2. The first kappa shape index (κ1) is 21.3. The highest BCUT2D eigenvalue weighted by Gasteiger charge is 2.19. The highest BCUT2D eigenvalue weighted by molar-refractivity contribution is 7.89. The summed E-state index contributed by atoms with van der Waals surface area (Å²) < 4.78 is 22.5. The average Bonchev–Trinajstić information content (AvgIpc) is 2.68. The Morgan fingerprint density at radius 1 is 1.07 bits per heavy atom. The lowest BCUT2D eigenvalue weighted by Gasteiger charge is -2.35. The van der Waals surface area contributed by atoms with E-state index in [4.69, 9.17) is 5.14 Å². The van der Waals surface area contributed by atoms with Crippen molar-refractivity contribution in [1.82, 2.24) is 10.2 Å². The fourth-order valence-corrected chi connectivity index (χ4v) is 3.96. The van der Waals surface area contributed by atoms with Gasteiger partial charge in [0.1, 0.15) is 0 Å². The predicted octanol–water partition coefficient (Wildman–Crippen LogP) is 1.12. The molecule has 1 fully saturated rings. The SMILES string of the molecule is Cc1cccc(N2CCN(CC(=O)NCCc3ccc(S(N)(=O)=O)cc3)CC2)c1. The summed E-state index contributed by atoms with van der Waals surface area (Å²) in [4.78, 5) is 16.8. The minimum atomic E-state index is -3.67. The number of nitrogens with two attached hydrogens (primary N) is 1. The molecular weight excluding hydrogens is 388 g/mol. The molecule has 156 valence electrons. The second-order valence-electron chi connectivity index (χ2n) is 7.39. The van der Waals surface area contributed by atoms with Crippen LogP contribution in [0.5, 0.6) is 0 Å². The van der Waals surface area contributed by atoms with Gasteiger partial charge in [-0.25, -0.2) is 13.6 Å². The number of hydrogen-bond acceptors (Lipinski definition) is 5. The summed E-state index contributed by atoms with van der Waals surface area (Å²) in [7, 11) is -3.67. The summed E-state index contributed by atoms with van der Waals surface area (Å²) in [5.41, 5.74) is 3.44. The van der Waals surface area contributed by atoms with Crippen molar-refractivity contribution >= 4 is 21.6 Å². The number of aryl methyl sites for hydroxylation is 1. The van der Waals surface area contributed by atoms with Gasteiger partial charge in [-0.3, -0.25) is 9.69 Å². The number of carbonyl (C=O) groups is 1. The second-order valence-corrected chi connectivity index (χ2v) is 8.95. The van der Waals surface area contributed by atoms with Gasteiger partial charge in [-0.15, -0.1) is 0 Å². The fourth-order valence-electron chi connectivity index (χ4n) is 3.44. The molecule has 0 aliphatic carbocycles. The number of carbonyl (C=O) groups excluding carboxylic acids is 1. The zero-order valence-electron chi connectivity index (χ0n) is 16.7. The van der Waals surface area contributed by atoms with Crippen LogP contribution in [0, 0.1) is 6.92 Å². The van der Waals surface area contributed by atoms with E-state index >= 15 is 0 Å². The van der Waals surface area contributed by atoms with E-state index in [0.717, 1.165) is 31.7 Å². The maximum Gasteiger partial charge on any atom is 0.238 e. The summed E-state index contributed by atoms with van der Waals surface area (Å²) in [5, 5.41) is 8.03. The molecule has 0 unspecified atom stereocenters. The molecular formula is C21H28N4O3S. The number of rotatable bonds is 7. The second kappa shape index (κ2) is 9.39. The van der Waals surface area contributed by atoms with Crippen LogP contribution in [-0.4, -0.2) is 58.5 Å². The molecule has 7 nitrogen and oxygen atoms in total. The molecule has 29 heavy (non-hydrogen) atoms. The van der Waals surface area contributed by atoms with Crippen LogP contribution in [0.2, 0.25) is 0 Å². The first-order valence-corrected chi connectivity index (χ1v) is 11.3. The molecule has 2 aromatic carbocycles. The first-order chi connectivity index (χ1) is 13.8. The van der Waals surface area contributed by atoms with Crippen molar-refractivity contribution in [1.29, 1.82) is 0 Å². The third-order valence-electron chi connectivity index (χ3n) is 5.09. The van der Waals surface area contributed by atoms with Crippen LogP contribution in [0.15, 0.2) is 53.4 Å². The zero-order chi connectivity index (χ0) is 20.9. The van der Waals surface area contributed by atoms with Gasteiger partial charge in [-0.2, -0.15) is 0 Å². The van der Waals surface area contributed by atoms with Gasteiger partial charge in [0.05, 0.1) is 11.4 Å². The number of primary sulfonamides is 1. The van der Waals surface area contributed by atoms with Gasteiger partial charge in [0.15, 0.2) is 0 Å². The Morgan fingerprint density at radius 3 is 2.38 bits per heavy atom. The monoisotopic (exact) mass is 416 g/mol. The topological polar surface area (TPSA) is 95.7 Å². The van der Waals surface area contributed by atoms with Crippen LogP contribution in [0.4, 0.5) is 5.69 Å². The zero-order valence-corrected chi connectivity index (χ0v) is 17.5. The normalized spacial score (nSPS) is 15.3. The van der Waals surface area contributed by atoms with E-state index in [0.29, 0.717) is 19.5 Å². The lowest BCUT2D eigenvalue weighted by atomic mass is 10.1. The smallest absolute Gasteiger partial charge is 0.238 e. The highest BCUT2D eigenvalue weighted by Crippen LogP contribution is 2.17. The summed E-state index contributed by atoms with van der Waals surface area (Å²) >= 11 is 0. The summed E-state index contributed by atoms with van der Waals surface area (Å²) in [5.74, 6) is 0.00941. The number of benzene rings is 2. The van der Waals surface area contributed by atoms with Crippen molar-refractivity contribution in [3.05, 3.63) is 59.7 Å². The molecule has 1 amide bonds. The lowest BCUT2D eigenvalue weighted by Crippen LogP contribution is -2.49. The molecule has 0 radical (unpaired) electrons. The van der Waals surface area contributed by atoms with E-state index in [2.05, 4.69) is 46.3 Å². The number of nitrogens with one attached hydrogen (secondary N) is 1. The van der Waals surface area contributed by atoms with Crippen LogP contribution >= 0.6 is 0 Å². The molecule has 2 aromatic rings. The molecule has 3 N–H and O–H groups in total. The van der Waals surface area contributed by atoms with Crippen LogP contribution < -0.4 is 15.4 Å². The molecule has 1 saturated heterocycles. The molecule has 0 aromatic heterocycles. The minimum Gasteiger partial charge on any atom is -0.369 e. The van der Waals surface area contributed by atoms with Crippen molar-refractivity contribution in [3.63, 3.8) is 0 Å². The molecule has 0 spiro atoms. The number of amides is 1. The van der Waals surface area contributed by atoms with Crippen molar-refractivity contribution < 1.29 is 13.2 Å². The Hall–Kier alpha value is -2.42. The molecule has 8 heteroatoms. The quantitative estimate of drug-likeness (QED) is 0.705. The number of sulfonamides is 1. The fraction of sp³-hybridized carbons (Fsp3) is 0.381. The van der Waals surface area contributed by atoms with E-state index in [-0.39, 0.29) is 10.8 Å². The minimum absolute atomic E-state index is 0.00941. The number of anilines is 1. The maximum absolute atomic E-state index is 12.2. The van der Waals surface area contributed by atoms with Gasteiger partial charge in [-0.1, -0.05) is 24.3 Å². The number of nitrogens with zero attached hydrogens (tertiary/aromatic N) is 2. The van der Waals surface area contributed by atoms with Gasteiger partial charge < -0.3 is 10.2 Å². The standard InChI is InChI=1S/C21H28N4O3S/c1-17-3-2-4-19(15-17)25-13-11-24(12-14-25)16-21(26)23-10-9-18-5-7-20(8-6-18)29(22,27)28/h2-8,15H,9-14,16H2,1H3,(H,23,26)(H2,22,27,28). The van der Waals surface area contributed by atoms with E-state index < -0.39 is 10.0 Å². The maximum atomic E-state index is 12.2. The van der Waals surface area contributed by atoms with E-state index in [1.165, 1.54) is 23.4 Å². The molecule has 3 rings (SSSR count). The van der Waals surface area contributed by atoms with Gasteiger partial charge in [0.2, 0.25) is 15.9 Å². The molecule has 1 aliphatic rings. The van der Waals surface area contributed by atoms with Crippen molar-refractivity contribution in [2.75, 3.05) is 44.2 Å². The third-order valence-corrected chi connectivity index (χ3v) is 6.02. The van der Waals surface area contributed by atoms with Crippen LogP contribution in [0.25, 0.3) is 0 Å². The van der Waals surface area contributed by atoms with E-state index in [1.54, 1.807) is 12.1 Å². The van der Waals surface area contributed by atoms with Crippen molar-refractivity contribution in [3.8, 4) is 0 Å². The predicted molar refractivity (Wildman–Crippen MR) is 114 cm³/mol. The largest absolute Gasteiger partial charge is 0.369 e. The molecule has 1 heterocycles. The Kier molecular flexibility index (Phi) is 6.89. The van der Waals surface area contributed by atoms with Crippen molar-refractivity contribution in [2.24, 2.45) is 5.14 Å². The van der Waals surface area contributed by atoms with Crippen LogP contribution in [-0.2, 0) is 21.2 Å². The third kappa shape index (κ3) is 6.28. The Morgan fingerprint density at radius 2 is 1.76 bits per heavy atom. The first-order valence-electron chi connectivity index (χ1n) is 9.74. The van der Waals surface area contributed by atoms with Gasteiger partial charge in [-0.05, 0) is 48.7 Å². The molecule has 0 bridgehead atoms. The Balaban J connectivity index is 1.38. The van der Waals surface area contributed by atoms with E-state index in [1.807, 2.05) is 0 Å². The Labute approximate surface area is 172 Å². The van der Waals surface area contributed by atoms with Gasteiger partial charge >= 0.3 is 0 Å². The van der Waals surface area contributed by atoms with Gasteiger partial charge in [0, 0.05) is 38.4 Å². The average molecular weight is 417 g/mol. The van der Waals surface area contributed by atoms with Crippen LogP contribution in [0.3, 0.4) is 0 Å². The summed E-state index contributed by atoms with van der Waals surface area (Å²) in [6, 6.07) is 14.9. The summed E-state index contributed by atoms with van der Waals surface area (Å²) in [6.07, 6.45) is 0.637. The van der Waals surface area contributed by atoms with Gasteiger partial charge in [0.25, 0.3) is 0 Å². The van der Waals surface area contributed by atoms with Crippen LogP contribution in [0.1, 0.15) is 11.1 Å². The molecule has 1 aliphatic heterocycles. The number of piperazine rings is 1. The van der Waals surface area contributed by atoms with Crippen molar-refractivity contribution in [2.45, 2.75) is 18.2 Å². The molecule has 0 saturated carbocycles. The van der Waals surface area contributed by atoms with E-state index in [9.17, 15) is 13.2 Å². The highest BCUT2D eigenvalue weighted by atomic mass is 32.2. The lowest BCUT2D eigenvalue weighted by molar-refractivity contribution is -0.122.